The molecule has 0 aliphatic rings. The molecule has 0 unspecified atom stereocenters. The normalized spacial score (nSPS) is 11.7. The molecule has 2 aromatic heterocycles. The van der Waals surface area contributed by atoms with E-state index in [1.165, 1.54) is 12.1 Å². The number of aromatic nitrogens is 2. The molecule has 0 fully saturated rings. The number of nitrogens with zero attached hydrogens (tertiary/aromatic N) is 2. The third-order valence-corrected chi connectivity index (χ3v) is 6.80. The number of pyridine rings is 1. The summed E-state index contributed by atoms with van der Waals surface area (Å²) in [5, 5.41) is 0.491. The number of fused-ring (bicyclic) bond motifs is 1. The lowest BCUT2D eigenvalue weighted by molar-refractivity contribution is 0.601. The first-order valence-corrected chi connectivity index (χ1v) is 11.0. The first kappa shape index (κ1) is 19.8. The molecule has 148 valence electrons. The number of benzene rings is 2. The molecule has 0 bridgehead atoms. The quantitative estimate of drug-likeness (QED) is 0.436. The predicted octanol–water partition coefficient (Wildman–Crippen LogP) is 5.73. The van der Waals surface area contributed by atoms with Gasteiger partial charge in [0.1, 0.15) is 10.5 Å². The molecule has 0 radical (unpaired) electrons. The number of hydrogen-bond acceptors (Lipinski definition) is 3. The lowest BCUT2D eigenvalue weighted by atomic mass is 10.1. The maximum atomic E-state index is 12.7. The van der Waals surface area contributed by atoms with E-state index in [0.29, 0.717) is 16.3 Å². The second-order valence-electron chi connectivity index (χ2n) is 6.81. The Hall–Kier alpha value is -2.54. The number of nitrogens with one attached hydrogen (secondary N) is 1. The van der Waals surface area contributed by atoms with Gasteiger partial charge >= 0.3 is 0 Å². The summed E-state index contributed by atoms with van der Waals surface area (Å²) in [4.78, 5) is 4.61. The summed E-state index contributed by atoms with van der Waals surface area (Å²) in [5.41, 5.74) is 4.75. The fraction of sp³-hybridized carbons (Fsp3) is 0.0952. The number of sulfonamides is 1. The highest BCUT2D eigenvalue weighted by Crippen LogP contribution is 2.30. The topological polar surface area (TPSA) is 63.5 Å². The van der Waals surface area contributed by atoms with Crippen LogP contribution in [0.2, 0.25) is 10.0 Å². The van der Waals surface area contributed by atoms with E-state index >= 15 is 0 Å². The highest BCUT2D eigenvalue weighted by molar-refractivity contribution is 7.92. The molecule has 0 saturated carbocycles. The van der Waals surface area contributed by atoms with E-state index in [0.717, 1.165) is 22.5 Å². The van der Waals surface area contributed by atoms with Crippen LogP contribution in [0.5, 0.6) is 0 Å². The Labute approximate surface area is 179 Å². The molecule has 5 nitrogen and oxygen atoms in total. The summed E-state index contributed by atoms with van der Waals surface area (Å²) in [6, 6.07) is 13.9. The molecule has 0 saturated heterocycles. The minimum atomic E-state index is -3.85. The van der Waals surface area contributed by atoms with Gasteiger partial charge in [-0.05, 0) is 61.4 Å². The number of anilines is 1. The maximum absolute atomic E-state index is 12.7. The first-order valence-electron chi connectivity index (χ1n) is 8.77. The van der Waals surface area contributed by atoms with E-state index in [4.69, 9.17) is 23.2 Å². The molecule has 1 N–H and O–H groups in total. The van der Waals surface area contributed by atoms with Gasteiger partial charge in [-0.3, -0.25) is 4.72 Å². The minimum absolute atomic E-state index is 0.0131. The van der Waals surface area contributed by atoms with E-state index in [-0.39, 0.29) is 9.92 Å². The van der Waals surface area contributed by atoms with Crippen LogP contribution >= 0.6 is 23.2 Å². The summed E-state index contributed by atoms with van der Waals surface area (Å²) in [5.74, 6) is 0. The van der Waals surface area contributed by atoms with Crippen molar-refractivity contribution in [3.05, 3.63) is 82.1 Å². The highest BCUT2D eigenvalue weighted by Gasteiger charge is 2.19. The fourth-order valence-electron chi connectivity index (χ4n) is 2.98. The zero-order valence-electron chi connectivity index (χ0n) is 15.6. The summed E-state index contributed by atoms with van der Waals surface area (Å²) in [6.45, 7) is 3.74. The van der Waals surface area contributed by atoms with Gasteiger partial charge in [-0.25, -0.2) is 13.4 Å². The van der Waals surface area contributed by atoms with E-state index in [1.54, 1.807) is 19.1 Å². The van der Waals surface area contributed by atoms with Crippen molar-refractivity contribution in [1.29, 1.82) is 0 Å². The van der Waals surface area contributed by atoms with Gasteiger partial charge in [0.05, 0.1) is 10.7 Å². The second-order valence-corrected chi connectivity index (χ2v) is 9.28. The van der Waals surface area contributed by atoms with Crippen molar-refractivity contribution in [3.63, 3.8) is 0 Å². The Bertz CT molecular complexity index is 1330. The zero-order valence-corrected chi connectivity index (χ0v) is 18.0. The average Bonchev–Trinajstić information content (AvgIpc) is 3.08. The van der Waals surface area contributed by atoms with Crippen LogP contribution in [0.1, 0.15) is 11.1 Å². The predicted molar refractivity (Wildman–Crippen MR) is 117 cm³/mol. The Morgan fingerprint density at radius 3 is 2.41 bits per heavy atom. The lowest BCUT2D eigenvalue weighted by Gasteiger charge is -2.11. The lowest BCUT2D eigenvalue weighted by Crippen LogP contribution is -2.13. The largest absolute Gasteiger partial charge is 0.306 e. The van der Waals surface area contributed by atoms with Crippen LogP contribution in [0.25, 0.3) is 16.9 Å². The fourth-order valence-corrected chi connectivity index (χ4v) is 4.87. The van der Waals surface area contributed by atoms with Crippen molar-refractivity contribution >= 4 is 44.6 Å². The minimum Gasteiger partial charge on any atom is -0.306 e. The van der Waals surface area contributed by atoms with Gasteiger partial charge in [0, 0.05) is 28.7 Å². The molecule has 0 atom stereocenters. The van der Waals surface area contributed by atoms with Crippen molar-refractivity contribution in [2.24, 2.45) is 0 Å². The molecular weight excluding hydrogens is 429 g/mol. The van der Waals surface area contributed by atoms with Gasteiger partial charge in [-0.1, -0.05) is 35.3 Å². The monoisotopic (exact) mass is 445 g/mol. The van der Waals surface area contributed by atoms with Gasteiger partial charge in [0.25, 0.3) is 10.0 Å². The second kappa shape index (κ2) is 7.37. The molecular formula is C21H17Cl2N3O2S. The van der Waals surface area contributed by atoms with Crippen LogP contribution in [-0.4, -0.2) is 17.8 Å². The smallest absolute Gasteiger partial charge is 0.263 e. The Balaban J connectivity index is 1.61. The standard InChI is InChI=1S/C21H17Cl2N3O2S/c1-13-7-8-26-12-19(24-21(26)9-13)15-3-5-16(6-4-15)25-29(27,28)20-10-14(2)17(22)11-18(20)23/h3-12,25H,1-2H3. The number of aryl methyl sites for hydroxylation is 2. The van der Waals surface area contributed by atoms with Crippen molar-refractivity contribution in [2.75, 3.05) is 4.72 Å². The molecule has 0 amide bonds. The van der Waals surface area contributed by atoms with Gasteiger partial charge in [-0.15, -0.1) is 0 Å². The molecule has 8 heteroatoms. The number of hydrogen-bond donors (Lipinski definition) is 1. The van der Waals surface area contributed by atoms with E-state index < -0.39 is 10.0 Å². The van der Waals surface area contributed by atoms with E-state index in [2.05, 4.69) is 9.71 Å². The van der Waals surface area contributed by atoms with Crippen LogP contribution in [0.4, 0.5) is 5.69 Å². The molecule has 2 heterocycles. The van der Waals surface area contributed by atoms with Gasteiger partial charge in [-0.2, -0.15) is 0 Å². The van der Waals surface area contributed by atoms with Gasteiger partial charge in [0.15, 0.2) is 0 Å². The number of halogens is 2. The maximum Gasteiger partial charge on any atom is 0.263 e. The van der Waals surface area contributed by atoms with E-state index in [9.17, 15) is 8.42 Å². The number of rotatable bonds is 4. The van der Waals surface area contributed by atoms with Crippen molar-refractivity contribution in [2.45, 2.75) is 18.7 Å². The Kier molecular flexibility index (Phi) is 5.02. The van der Waals surface area contributed by atoms with Crippen LogP contribution < -0.4 is 4.72 Å². The van der Waals surface area contributed by atoms with E-state index in [1.807, 2.05) is 48.0 Å². The molecule has 0 aliphatic heterocycles. The van der Waals surface area contributed by atoms with Crippen molar-refractivity contribution in [3.8, 4) is 11.3 Å². The van der Waals surface area contributed by atoms with Gasteiger partial charge < -0.3 is 4.40 Å². The van der Waals surface area contributed by atoms with Crippen molar-refractivity contribution < 1.29 is 8.42 Å². The highest BCUT2D eigenvalue weighted by atomic mass is 35.5. The first-order chi connectivity index (χ1) is 13.7. The Morgan fingerprint density at radius 2 is 1.69 bits per heavy atom. The number of imidazole rings is 1. The van der Waals surface area contributed by atoms with Crippen LogP contribution in [0, 0.1) is 13.8 Å². The van der Waals surface area contributed by atoms with Crippen LogP contribution in [0.3, 0.4) is 0 Å². The summed E-state index contributed by atoms with van der Waals surface area (Å²) in [6.07, 6.45) is 3.89. The third kappa shape index (κ3) is 3.96. The molecule has 4 aromatic rings. The molecule has 2 aromatic carbocycles. The third-order valence-electron chi connectivity index (χ3n) is 4.55. The SMILES string of the molecule is Cc1ccn2cc(-c3ccc(NS(=O)(=O)c4cc(C)c(Cl)cc4Cl)cc3)nc2c1. The van der Waals surface area contributed by atoms with Gasteiger partial charge in [0.2, 0.25) is 0 Å². The average molecular weight is 446 g/mol. The van der Waals surface area contributed by atoms with Crippen molar-refractivity contribution in [1.82, 2.24) is 9.38 Å². The van der Waals surface area contributed by atoms with Crippen LogP contribution in [-0.2, 0) is 10.0 Å². The molecule has 0 aliphatic carbocycles. The zero-order chi connectivity index (χ0) is 20.8. The Morgan fingerprint density at radius 1 is 0.966 bits per heavy atom. The summed E-state index contributed by atoms with van der Waals surface area (Å²) in [7, 11) is -3.85. The van der Waals surface area contributed by atoms with Crippen LogP contribution in [0.15, 0.2) is 65.8 Å². The molecule has 0 spiro atoms. The molecule has 4 rings (SSSR count). The molecule has 29 heavy (non-hydrogen) atoms. The summed E-state index contributed by atoms with van der Waals surface area (Å²) >= 11 is 12.1. The summed E-state index contributed by atoms with van der Waals surface area (Å²) < 4.78 is 30.0.